The number of hydrogen-bond donors (Lipinski definition) is 1. The quantitative estimate of drug-likeness (QED) is 0.397. The number of rotatable bonds is 7. The van der Waals surface area contributed by atoms with E-state index < -0.39 is 13.8 Å². The number of aromatic amines is 1. The molecule has 3 rings (SSSR count). The number of nitrogens with one attached hydrogen (secondary N) is 1. The first-order valence-electron chi connectivity index (χ1n) is 8.23. The predicted molar refractivity (Wildman–Crippen MR) is 99.8 cm³/mol. The highest BCUT2D eigenvalue weighted by Crippen LogP contribution is 2.31. The molecule has 1 aromatic carbocycles. The highest BCUT2D eigenvalue weighted by Gasteiger charge is 2.19. The van der Waals surface area contributed by atoms with Crippen molar-refractivity contribution in [3.8, 4) is 11.3 Å². The molecular formula is C18H22N2O4Si. The molecule has 132 valence electrons. The number of ether oxygens (including phenoxy) is 1. The van der Waals surface area contributed by atoms with Crippen LogP contribution in [-0.2, 0) is 11.5 Å². The Balaban J connectivity index is 1.94. The number of aromatic nitrogens is 2. The lowest BCUT2D eigenvalue weighted by atomic mass is 10.1. The summed E-state index contributed by atoms with van der Waals surface area (Å²) in [4.78, 5) is 26.6. The fourth-order valence-electron chi connectivity index (χ4n) is 2.71. The monoisotopic (exact) mass is 358 g/mol. The third-order valence-corrected chi connectivity index (χ3v) is 5.81. The highest BCUT2D eigenvalue weighted by atomic mass is 28.3. The lowest BCUT2D eigenvalue weighted by Crippen LogP contribution is -2.23. The molecule has 0 fully saturated rings. The molecule has 2 aromatic heterocycles. The normalized spacial score (nSPS) is 12.0. The largest absolute Gasteiger partial charge is 0.421 e. The second-order valence-electron chi connectivity index (χ2n) is 7.24. The second-order valence-corrected chi connectivity index (χ2v) is 12.9. The van der Waals surface area contributed by atoms with Gasteiger partial charge in [0.15, 0.2) is 6.29 Å². The maximum atomic E-state index is 12.1. The number of carbonyl (C=O) groups excluding carboxylic acids is 1. The molecule has 6 nitrogen and oxygen atoms in total. The molecule has 2 heterocycles. The van der Waals surface area contributed by atoms with Crippen LogP contribution in [0.25, 0.3) is 22.2 Å². The van der Waals surface area contributed by atoms with E-state index in [0.29, 0.717) is 23.6 Å². The van der Waals surface area contributed by atoms with Gasteiger partial charge in [-0.25, -0.2) is 9.36 Å². The number of oxazole rings is 1. The molecule has 0 spiro atoms. The zero-order chi connectivity index (χ0) is 18.0. The first-order chi connectivity index (χ1) is 11.9. The van der Waals surface area contributed by atoms with E-state index in [-0.39, 0.29) is 6.73 Å². The summed E-state index contributed by atoms with van der Waals surface area (Å²) in [5.74, 6) is -0.495. The smallest absolute Gasteiger partial charge is 0.416 e. The molecule has 25 heavy (non-hydrogen) atoms. The van der Waals surface area contributed by atoms with Gasteiger partial charge in [0.2, 0.25) is 0 Å². The molecule has 0 radical (unpaired) electrons. The summed E-state index contributed by atoms with van der Waals surface area (Å²) in [6.07, 6.45) is 2.13. The van der Waals surface area contributed by atoms with Crippen LogP contribution < -0.4 is 5.76 Å². The van der Waals surface area contributed by atoms with Crippen LogP contribution >= 0.6 is 0 Å². The molecule has 0 unspecified atom stereocenters. The predicted octanol–water partition coefficient (Wildman–Crippen LogP) is 3.71. The van der Waals surface area contributed by atoms with E-state index in [1.807, 2.05) is 24.3 Å². The van der Waals surface area contributed by atoms with Crippen LogP contribution in [0.3, 0.4) is 0 Å². The average Bonchev–Trinajstić information content (AvgIpc) is 3.10. The highest BCUT2D eigenvalue weighted by molar-refractivity contribution is 6.76. The Labute approximate surface area is 146 Å². The molecule has 0 amide bonds. The maximum absolute atomic E-state index is 12.1. The van der Waals surface area contributed by atoms with E-state index in [4.69, 9.17) is 9.15 Å². The lowest BCUT2D eigenvalue weighted by molar-refractivity contribution is 0.0834. The minimum Gasteiger partial charge on any atom is -0.416 e. The molecule has 7 heteroatoms. The molecule has 0 bridgehead atoms. The number of aldehydes is 1. The molecule has 3 aromatic rings. The van der Waals surface area contributed by atoms with Crippen LogP contribution in [-0.4, -0.2) is 30.5 Å². The van der Waals surface area contributed by atoms with E-state index in [2.05, 4.69) is 24.6 Å². The first-order valence-corrected chi connectivity index (χ1v) is 11.9. The second kappa shape index (κ2) is 6.85. The molecule has 0 saturated heterocycles. The van der Waals surface area contributed by atoms with Crippen molar-refractivity contribution >= 4 is 25.3 Å². The van der Waals surface area contributed by atoms with E-state index in [1.54, 1.807) is 0 Å². The minimum absolute atomic E-state index is 0.104. The molecule has 1 N–H and O–H groups in total. The fourth-order valence-corrected chi connectivity index (χ4v) is 3.47. The summed E-state index contributed by atoms with van der Waals surface area (Å²) >= 11 is 0. The van der Waals surface area contributed by atoms with Gasteiger partial charge in [0, 0.05) is 31.1 Å². The number of H-pyrrole nitrogens is 1. The summed E-state index contributed by atoms with van der Waals surface area (Å²) in [7, 11) is -1.20. The Morgan fingerprint density at radius 2 is 2.04 bits per heavy atom. The van der Waals surface area contributed by atoms with Crippen LogP contribution in [0.5, 0.6) is 0 Å². The van der Waals surface area contributed by atoms with Crippen molar-refractivity contribution in [3.05, 3.63) is 46.8 Å². The summed E-state index contributed by atoms with van der Waals surface area (Å²) in [6.45, 7) is 7.52. The van der Waals surface area contributed by atoms with Crippen LogP contribution in [0, 0.1) is 0 Å². The van der Waals surface area contributed by atoms with E-state index in [0.717, 1.165) is 23.2 Å². The van der Waals surface area contributed by atoms with Gasteiger partial charge in [0.1, 0.15) is 13.0 Å². The summed E-state index contributed by atoms with van der Waals surface area (Å²) in [5.41, 5.74) is 2.44. The van der Waals surface area contributed by atoms with Crippen molar-refractivity contribution < 1.29 is 13.9 Å². The Hall–Kier alpha value is -2.38. The van der Waals surface area contributed by atoms with Crippen LogP contribution in [0.4, 0.5) is 0 Å². The van der Waals surface area contributed by atoms with Gasteiger partial charge in [0.05, 0.1) is 11.4 Å². The van der Waals surface area contributed by atoms with E-state index >= 15 is 0 Å². The van der Waals surface area contributed by atoms with Crippen molar-refractivity contribution in [3.63, 3.8) is 0 Å². The molecule has 0 atom stereocenters. The van der Waals surface area contributed by atoms with Gasteiger partial charge in [-0.05, 0) is 12.1 Å². The summed E-state index contributed by atoms with van der Waals surface area (Å²) in [5, 5.41) is 0.862. The standard InChI is InChI=1S/C18H22N2O4Si/c1-25(2,3)9-8-23-12-20-16(11-24-18(20)22)17-13-6-4-5-7-14(13)19-15(17)10-21/h4-7,10-11,19H,8-9,12H2,1-3H3. The third-order valence-electron chi connectivity index (χ3n) is 4.11. The zero-order valence-corrected chi connectivity index (χ0v) is 15.7. The molecular weight excluding hydrogens is 336 g/mol. The van der Waals surface area contributed by atoms with Crippen LogP contribution in [0.15, 0.2) is 39.7 Å². The maximum Gasteiger partial charge on any atom is 0.421 e. The number of nitrogens with zero attached hydrogens (tertiary/aromatic N) is 1. The zero-order valence-electron chi connectivity index (χ0n) is 14.7. The fraction of sp³-hybridized carbons (Fsp3) is 0.333. The molecule has 0 aliphatic heterocycles. The van der Waals surface area contributed by atoms with E-state index in [9.17, 15) is 9.59 Å². The van der Waals surface area contributed by atoms with Gasteiger partial charge in [-0.2, -0.15) is 0 Å². The number of para-hydroxylation sites is 1. The Morgan fingerprint density at radius 3 is 2.76 bits per heavy atom. The van der Waals surface area contributed by atoms with Gasteiger partial charge in [-0.1, -0.05) is 37.8 Å². The third kappa shape index (κ3) is 3.67. The van der Waals surface area contributed by atoms with Gasteiger partial charge in [-0.3, -0.25) is 4.79 Å². The van der Waals surface area contributed by atoms with Gasteiger partial charge in [0.25, 0.3) is 0 Å². The lowest BCUT2D eigenvalue weighted by Gasteiger charge is -2.15. The first kappa shape index (κ1) is 17.4. The molecule has 0 saturated carbocycles. The van der Waals surface area contributed by atoms with Crippen molar-refractivity contribution in [1.82, 2.24) is 9.55 Å². The number of carbonyl (C=O) groups is 1. The number of benzene rings is 1. The van der Waals surface area contributed by atoms with Crippen LogP contribution in [0.2, 0.25) is 25.7 Å². The van der Waals surface area contributed by atoms with Crippen molar-refractivity contribution in [2.75, 3.05) is 6.61 Å². The van der Waals surface area contributed by atoms with Gasteiger partial charge >= 0.3 is 5.76 Å². The summed E-state index contributed by atoms with van der Waals surface area (Å²) < 4.78 is 12.2. The van der Waals surface area contributed by atoms with E-state index in [1.165, 1.54) is 10.8 Å². The summed E-state index contributed by atoms with van der Waals surface area (Å²) in [6, 6.07) is 8.59. The Bertz CT molecular complexity index is 946. The van der Waals surface area contributed by atoms with Gasteiger partial charge < -0.3 is 14.1 Å². The molecule has 0 aliphatic carbocycles. The topological polar surface area (TPSA) is 77.2 Å². The van der Waals surface area contributed by atoms with Crippen molar-refractivity contribution in [1.29, 1.82) is 0 Å². The van der Waals surface area contributed by atoms with Crippen molar-refractivity contribution in [2.24, 2.45) is 0 Å². The number of fused-ring (bicyclic) bond motifs is 1. The Morgan fingerprint density at radius 1 is 1.28 bits per heavy atom. The number of hydrogen-bond acceptors (Lipinski definition) is 4. The van der Waals surface area contributed by atoms with Crippen LogP contribution in [0.1, 0.15) is 10.5 Å². The SMILES string of the molecule is C[Si](C)(C)CCOCn1c(-c2c(C=O)[nH]c3ccccc23)coc1=O. The van der Waals surface area contributed by atoms with Gasteiger partial charge in [-0.15, -0.1) is 0 Å². The molecule has 0 aliphatic rings. The minimum atomic E-state index is -1.20. The van der Waals surface area contributed by atoms with Crippen molar-refractivity contribution in [2.45, 2.75) is 32.4 Å². The Kier molecular flexibility index (Phi) is 4.78. The average molecular weight is 358 g/mol.